The summed E-state index contributed by atoms with van der Waals surface area (Å²) in [5, 5.41) is 14.4. The lowest BCUT2D eigenvalue weighted by Crippen LogP contribution is -2.34. The topological polar surface area (TPSA) is 87.2 Å². The number of nitrogens with zero attached hydrogens (tertiary/aromatic N) is 3. The van der Waals surface area contributed by atoms with Gasteiger partial charge in [-0.15, -0.1) is 10.2 Å². The van der Waals surface area contributed by atoms with Crippen molar-refractivity contribution in [2.24, 2.45) is 0 Å². The SMILES string of the molecule is O=C(Nc1ccccc1F)c1nnc([C@@H]2CCCN2C(=O)Nc2ccccc2Cl)s1. The highest BCUT2D eigenvalue weighted by atomic mass is 35.5. The highest BCUT2D eigenvalue weighted by molar-refractivity contribution is 7.13. The first-order valence-corrected chi connectivity index (χ1v) is 10.4. The number of halogens is 2. The number of carbonyl (C=O) groups excluding carboxylic acids is 2. The van der Waals surface area contributed by atoms with Crippen molar-refractivity contribution in [3.05, 3.63) is 69.4 Å². The van der Waals surface area contributed by atoms with Gasteiger partial charge in [-0.1, -0.05) is 47.2 Å². The minimum Gasteiger partial charge on any atom is -0.317 e. The number of anilines is 2. The lowest BCUT2D eigenvalue weighted by molar-refractivity contribution is 0.102. The van der Waals surface area contributed by atoms with Crippen molar-refractivity contribution in [2.45, 2.75) is 18.9 Å². The summed E-state index contributed by atoms with van der Waals surface area (Å²) in [6.07, 6.45) is 1.51. The fraction of sp³-hybridized carbons (Fsp3) is 0.200. The third-order valence-corrected chi connectivity index (χ3v) is 6.02. The van der Waals surface area contributed by atoms with Crippen LogP contribution in [0.1, 0.15) is 33.7 Å². The van der Waals surface area contributed by atoms with Crippen LogP contribution in [-0.2, 0) is 0 Å². The molecule has 1 aliphatic rings. The van der Waals surface area contributed by atoms with Gasteiger partial charge in [0.05, 0.1) is 22.4 Å². The van der Waals surface area contributed by atoms with Crippen molar-refractivity contribution < 1.29 is 14.0 Å². The molecule has 30 heavy (non-hydrogen) atoms. The van der Waals surface area contributed by atoms with Crippen LogP contribution in [0.25, 0.3) is 0 Å². The quantitative estimate of drug-likeness (QED) is 0.594. The van der Waals surface area contributed by atoms with Gasteiger partial charge in [0.15, 0.2) is 0 Å². The fourth-order valence-electron chi connectivity index (χ4n) is 3.22. The zero-order chi connectivity index (χ0) is 21.1. The van der Waals surface area contributed by atoms with E-state index in [1.807, 2.05) is 0 Å². The fourth-order valence-corrected chi connectivity index (χ4v) is 4.28. The molecule has 3 amide bonds. The second-order valence-electron chi connectivity index (χ2n) is 6.64. The van der Waals surface area contributed by atoms with Crippen molar-refractivity contribution in [2.75, 3.05) is 17.2 Å². The molecular weight excluding hydrogens is 429 g/mol. The molecule has 0 aliphatic carbocycles. The Bertz CT molecular complexity index is 1090. The molecule has 0 radical (unpaired) electrons. The van der Waals surface area contributed by atoms with E-state index in [2.05, 4.69) is 20.8 Å². The maximum atomic E-state index is 13.8. The van der Waals surface area contributed by atoms with E-state index in [-0.39, 0.29) is 22.8 Å². The van der Waals surface area contributed by atoms with E-state index in [4.69, 9.17) is 11.6 Å². The van der Waals surface area contributed by atoms with Crippen LogP contribution in [0.4, 0.5) is 20.6 Å². The van der Waals surface area contributed by atoms with E-state index in [1.54, 1.807) is 35.2 Å². The average Bonchev–Trinajstić information content (AvgIpc) is 3.40. The van der Waals surface area contributed by atoms with Crippen molar-refractivity contribution in [3.63, 3.8) is 0 Å². The van der Waals surface area contributed by atoms with Crippen LogP contribution >= 0.6 is 22.9 Å². The minimum absolute atomic E-state index is 0.0702. The molecule has 1 saturated heterocycles. The Morgan fingerprint density at radius 1 is 1.07 bits per heavy atom. The summed E-state index contributed by atoms with van der Waals surface area (Å²) in [5.41, 5.74) is 0.595. The van der Waals surface area contributed by atoms with Gasteiger partial charge < -0.3 is 15.5 Å². The molecule has 0 saturated carbocycles. The second-order valence-corrected chi connectivity index (χ2v) is 8.06. The molecule has 2 N–H and O–H groups in total. The number of nitrogens with one attached hydrogen (secondary N) is 2. The minimum atomic E-state index is -0.547. The molecule has 1 aliphatic heterocycles. The molecule has 10 heteroatoms. The Labute approximate surface area is 180 Å². The van der Waals surface area contributed by atoms with E-state index >= 15 is 0 Å². The summed E-state index contributed by atoms with van der Waals surface area (Å²) in [7, 11) is 0. The Balaban J connectivity index is 1.47. The standard InChI is InChI=1S/C20H17ClFN5O2S/c21-12-6-1-3-8-14(12)24-20(29)27-11-5-10-16(27)18-25-26-19(30-18)17(28)23-15-9-4-2-7-13(15)22/h1-4,6-9,16H,5,10-11H2,(H,23,28)(H,24,29)/t16-/m0/s1. The van der Waals surface area contributed by atoms with Crippen LogP contribution in [0, 0.1) is 5.82 Å². The molecule has 0 unspecified atom stereocenters. The zero-order valence-electron chi connectivity index (χ0n) is 15.6. The molecular formula is C20H17ClFN5O2S. The van der Waals surface area contributed by atoms with E-state index in [9.17, 15) is 14.0 Å². The highest BCUT2D eigenvalue weighted by Gasteiger charge is 2.33. The highest BCUT2D eigenvalue weighted by Crippen LogP contribution is 2.34. The lowest BCUT2D eigenvalue weighted by atomic mass is 10.2. The smallest absolute Gasteiger partial charge is 0.317 e. The Morgan fingerprint density at radius 3 is 2.57 bits per heavy atom. The number of aromatic nitrogens is 2. The summed E-state index contributed by atoms with van der Waals surface area (Å²) < 4.78 is 13.8. The predicted molar refractivity (Wildman–Crippen MR) is 113 cm³/mol. The number of benzene rings is 2. The van der Waals surface area contributed by atoms with Crippen LogP contribution in [0.15, 0.2) is 48.5 Å². The number of hydrogen-bond acceptors (Lipinski definition) is 5. The predicted octanol–water partition coefficient (Wildman–Crippen LogP) is 4.95. The molecule has 154 valence electrons. The first kappa shape index (κ1) is 20.2. The molecule has 2 heterocycles. The largest absolute Gasteiger partial charge is 0.322 e. The van der Waals surface area contributed by atoms with Gasteiger partial charge in [-0.2, -0.15) is 0 Å². The summed E-state index contributed by atoms with van der Waals surface area (Å²) in [4.78, 5) is 26.8. The molecule has 1 aromatic heterocycles. The first-order chi connectivity index (χ1) is 14.5. The maximum absolute atomic E-state index is 13.8. The monoisotopic (exact) mass is 445 g/mol. The average molecular weight is 446 g/mol. The van der Waals surface area contributed by atoms with E-state index < -0.39 is 11.7 Å². The Morgan fingerprint density at radius 2 is 1.80 bits per heavy atom. The maximum Gasteiger partial charge on any atom is 0.322 e. The van der Waals surface area contributed by atoms with Crippen LogP contribution in [-0.4, -0.2) is 33.6 Å². The zero-order valence-corrected chi connectivity index (χ0v) is 17.2. The number of amides is 3. The van der Waals surface area contributed by atoms with Crippen LogP contribution in [0.2, 0.25) is 5.02 Å². The van der Waals surface area contributed by atoms with Crippen LogP contribution in [0.5, 0.6) is 0 Å². The molecule has 2 aromatic carbocycles. The Kier molecular flexibility index (Phi) is 5.91. The van der Waals surface area contributed by atoms with Crippen molar-refractivity contribution in [3.8, 4) is 0 Å². The van der Waals surface area contributed by atoms with Crippen molar-refractivity contribution in [1.29, 1.82) is 0 Å². The number of rotatable bonds is 4. The third-order valence-electron chi connectivity index (χ3n) is 4.67. The molecule has 3 aromatic rings. The molecule has 1 fully saturated rings. The van der Waals surface area contributed by atoms with Gasteiger partial charge in [-0.05, 0) is 37.1 Å². The normalized spacial score (nSPS) is 15.8. The van der Waals surface area contributed by atoms with Crippen LogP contribution < -0.4 is 10.6 Å². The van der Waals surface area contributed by atoms with Gasteiger partial charge in [-0.3, -0.25) is 4.79 Å². The second kappa shape index (κ2) is 8.76. The van der Waals surface area contributed by atoms with Gasteiger partial charge in [-0.25, -0.2) is 9.18 Å². The molecule has 0 bridgehead atoms. The Hall–Kier alpha value is -3.04. The number of likely N-dealkylation sites (tertiary alicyclic amines) is 1. The summed E-state index contributed by atoms with van der Waals surface area (Å²) >= 11 is 7.21. The summed E-state index contributed by atoms with van der Waals surface area (Å²) in [6, 6.07) is 12.3. The molecule has 4 rings (SSSR count). The van der Waals surface area contributed by atoms with Crippen LogP contribution in [0.3, 0.4) is 0 Å². The first-order valence-electron chi connectivity index (χ1n) is 9.24. The van der Waals surface area contributed by atoms with Crippen molar-refractivity contribution >= 4 is 46.3 Å². The number of carbonyl (C=O) groups is 2. The molecule has 7 nitrogen and oxygen atoms in total. The van der Waals surface area contributed by atoms with Crippen molar-refractivity contribution in [1.82, 2.24) is 15.1 Å². The summed E-state index contributed by atoms with van der Waals surface area (Å²) in [5.74, 6) is -1.08. The lowest BCUT2D eigenvalue weighted by Gasteiger charge is -2.23. The van der Waals surface area contributed by atoms with Gasteiger partial charge in [0.2, 0.25) is 5.01 Å². The number of urea groups is 1. The summed E-state index contributed by atoms with van der Waals surface area (Å²) in [6.45, 7) is 0.553. The van der Waals surface area contributed by atoms with E-state index in [1.165, 1.54) is 18.2 Å². The number of hydrogen-bond donors (Lipinski definition) is 2. The van der Waals surface area contributed by atoms with E-state index in [0.717, 1.165) is 17.8 Å². The van der Waals surface area contributed by atoms with Gasteiger partial charge in [0.25, 0.3) is 5.91 Å². The number of para-hydroxylation sites is 2. The third kappa shape index (κ3) is 4.27. The van der Waals surface area contributed by atoms with Gasteiger partial charge in [0, 0.05) is 6.54 Å². The molecule has 1 atom stereocenters. The van der Waals surface area contributed by atoms with E-state index in [0.29, 0.717) is 28.7 Å². The molecule has 0 spiro atoms. The van der Waals surface area contributed by atoms with Gasteiger partial charge >= 0.3 is 6.03 Å². The van der Waals surface area contributed by atoms with Gasteiger partial charge in [0.1, 0.15) is 10.8 Å².